The summed E-state index contributed by atoms with van der Waals surface area (Å²) in [5, 5.41) is 0. The van der Waals surface area contributed by atoms with Crippen molar-refractivity contribution in [3.63, 3.8) is 0 Å². The smallest absolute Gasteiger partial charge is 0.423 e. The van der Waals surface area contributed by atoms with Gasteiger partial charge in [0.1, 0.15) is 11.4 Å². The molecule has 1 aliphatic heterocycles. The molecule has 1 saturated carbocycles. The molecule has 1 aliphatic carbocycles. The van der Waals surface area contributed by atoms with E-state index < -0.39 is 45.2 Å². The van der Waals surface area contributed by atoms with Gasteiger partial charge in [0.2, 0.25) is 11.8 Å². The Hall–Kier alpha value is -4.26. The Morgan fingerprint density at radius 2 is 1.68 bits per heavy atom. The number of aryl methyl sites for hydroxylation is 2. The van der Waals surface area contributed by atoms with Crippen LogP contribution < -0.4 is 14.4 Å². The number of hydrogen-bond acceptors (Lipinski definition) is 8. The summed E-state index contributed by atoms with van der Waals surface area (Å²) in [5.74, 6) is -1.27. The lowest BCUT2D eigenvalue weighted by molar-refractivity contribution is -0.139. The maximum Gasteiger partial charge on any atom is 0.423 e. The molecule has 266 valence electrons. The molecule has 6 rings (SSSR count). The predicted octanol–water partition coefficient (Wildman–Crippen LogP) is 8.13. The van der Waals surface area contributed by atoms with E-state index in [9.17, 15) is 8.42 Å². The molecule has 9 nitrogen and oxygen atoms in total. The zero-order chi connectivity index (χ0) is 36.0. The molecule has 2 aromatic carbocycles. The maximum absolute atomic E-state index is 15.1. The van der Waals surface area contributed by atoms with Crippen LogP contribution in [0.3, 0.4) is 0 Å². The molecule has 1 fully saturated rings. The van der Waals surface area contributed by atoms with Gasteiger partial charge in [0, 0.05) is 30.8 Å². The monoisotopic (exact) mass is 708 g/mol. The third kappa shape index (κ3) is 7.57. The minimum Gasteiger partial charge on any atom is -0.477 e. The third-order valence-electron chi connectivity index (χ3n) is 9.66. The Bertz CT molecular complexity index is 1970. The van der Waals surface area contributed by atoms with Gasteiger partial charge in [0.25, 0.3) is 10.0 Å². The highest BCUT2D eigenvalue weighted by Crippen LogP contribution is 2.45. The van der Waals surface area contributed by atoms with Crippen LogP contribution >= 0.6 is 0 Å². The van der Waals surface area contributed by atoms with Gasteiger partial charge in [-0.3, -0.25) is 4.98 Å². The zero-order valence-corrected chi connectivity index (χ0v) is 30.0. The highest BCUT2D eigenvalue weighted by atomic mass is 32.2. The number of nitrogens with one attached hydrogen (secondary N) is 1. The van der Waals surface area contributed by atoms with E-state index >= 15 is 13.2 Å². The minimum atomic E-state index is -4.92. The summed E-state index contributed by atoms with van der Waals surface area (Å²) in [4.78, 5) is 19.8. The van der Waals surface area contributed by atoms with Gasteiger partial charge < -0.3 is 9.64 Å². The molecule has 0 amide bonds. The quantitative estimate of drug-likeness (QED) is 0.214. The second kappa shape index (κ2) is 13.5. The Kier molecular flexibility index (Phi) is 9.57. The molecule has 0 radical (unpaired) electrons. The number of halogens is 3. The van der Waals surface area contributed by atoms with Crippen LogP contribution in [0.1, 0.15) is 80.3 Å². The molecule has 1 N–H and O–H groups in total. The van der Waals surface area contributed by atoms with Crippen molar-refractivity contribution < 1.29 is 26.3 Å². The van der Waals surface area contributed by atoms with Crippen LogP contribution in [0.2, 0.25) is 0 Å². The molecule has 3 heterocycles. The molecule has 1 unspecified atom stereocenters. The van der Waals surface area contributed by atoms with Crippen LogP contribution in [-0.2, 0) is 22.6 Å². The molecule has 2 aliphatic rings. The van der Waals surface area contributed by atoms with Crippen molar-refractivity contribution in [2.45, 2.75) is 89.8 Å². The summed E-state index contributed by atoms with van der Waals surface area (Å²) in [6, 6.07) is 12.1. The number of hydrogen-bond donors (Lipinski definition) is 1. The van der Waals surface area contributed by atoms with Crippen molar-refractivity contribution in [3.8, 4) is 17.1 Å². The lowest BCUT2D eigenvalue weighted by Crippen LogP contribution is -2.37. The van der Waals surface area contributed by atoms with Crippen molar-refractivity contribution in [3.05, 3.63) is 82.8 Å². The Labute approximate surface area is 291 Å². The van der Waals surface area contributed by atoms with E-state index in [0.29, 0.717) is 41.3 Å². The lowest BCUT2D eigenvalue weighted by Gasteiger charge is -2.36. The second-order valence-corrected chi connectivity index (χ2v) is 16.4. The van der Waals surface area contributed by atoms with Crippen LogP contribution in [0.15, 0.2) is 59.8 Å². The van der Waals surface area contributed by atoms with E-state index in [1.807, 2.05) is 13.1 Å². The molecule has 4 bridgehead atoms. The number of fused-ring (bicyclic) bond motifs is 4. The molecular formula is C37H43F3N6O3S. The number of sulfonamides is 1. The lowest BCUT2D eigenvalue weighted by atomic mass is 9.74. The fourth-order valence-electron chi connectivity index (χ4n) is 7.00. The van der Waals surface area contributed by atoms with Crippen molar-refractivity contribution in [1.29, 1.82) is 0 Å². The first-order valence-corrected chi connectivity index (χ1v) is 18.3. The van der Waals surface area contributed by atoms with Gasteiger partial charge in [0.05, 0.1) is 29.1 Å². The van der Waals surface area contributed by atoms with Crippen LogP contribution in [0.25, 0.3) is 11.3 Å². The number of aromatic nitrogens is 4. The van der Waals surface area contributed by atoms with Gasteiger partial charge in [-0.1, -0.05) is 51.1 Å². The summed E-state index contributed by atoms with van der Waals surface area (Å²) in [6.45, 7) is 9.42. The van der Waals surface area contributed by atoms with Gasteiger partial charge in [0.15, 0.2) is 0 Å². The molecule has 50 heavy (non-hydrogen) atoms. The summed E-state index contributed by atoms with van der Waals surface area (Å²) in [5.41, 5.74) is 0.830. The molecule has 0 saturated heterocycles. The van der Waals surface area contributed by atoms with E-state index in [1.54, 1.807) is 56.6 Å². The number of ether oxygens (including phenoxy) is 1. The van der Waals surface area contributed by atoms with Crippen molar-refractivity contribution in [2.75, 3.05) is 23.3 Å². The molecule has 0 spiro atoms. The average molecular weight is 709 g/mol. The number of nitrogens with zero attached hydrogens (tertiary/aromatic N) is 5. The normalized spacial score (nSPS) is 19.3. The SMILES string of the molecule is Cc1cccc(C)c1-c1nc2nc(c1C(F)(F)F)OC[C@@H](CC(C)(C)C)C(Cc1cncc(N(C)C3CCC3)n1)c1cccc(c1)S(=O)(=O)N2. The zero-order valence-electron chi connectivity index (χ0n) is 29.2. The third-order valence-corrected chi connectivity index (χ3v) is 11.0. The van der Waals surface area contributed by atoms with E-state index in [1.165, 1.54) is 12.5 Å². The first kappa shape index (κ1) is 35.6. The maximum atomic E-state index is 15.1. The van der Waals surface area contributed by atoms with Crippen molar-refractivity contribution in [2.24, 2.45) is 11.3 Å². The summed E-state index contributed by atoms with van der Waals surface area (Å²) >= 11 is 0. The summed E-state index contributed by atoms with van der Waals surface area (Å²) < 4.78 is 81.5. The van der Waals surface area contributed by atoms with Crippen LogP contribution in [0.5, 0.6) is 5.88 Å². The number of alkyl halides is 3. The first-order valence-electron chi connectivity index (χ1n) is 16.9. The van der Waals surface area contributed by atoms with E-state index in [2.05, 4.69) is 45.3 Å². The highest BCUT2D eigenvalue weighted by Gasteiger charge is 2.42. The van der Waals surface area contributed by atoms with Crippen LogP contribution in [0.4, 0.5) is 24.9 Å². The number of benzene rings is 2. The number of rotatable bonds is 6. The summed E-state index contributed by atoms with van der Waals surface area (Å²) in [7, 11) is -2.33. The Balaban J connectivity index is 1.52. The minimum absolute atomic E-state index is 0.0563. The predicted molar refractivity (Wildman–Crippen MR) is 187 cm³/mol. The van der Waals surface area contributed by atoms with Gasteiger partial charge in [-0.05, 0) is 86.1 Å². The molecular weight excluding hydrogens is 666 g/mol. The van der Waals surface area contributed by atoms with Crippen molar-refractivity contribution >= 4 is 21.8 Å². The average Bonchev–Trinajstić information content (AvgIpc) is 2.99. The van der Waals surface area contributed by atoms with E-state index in [-0.39, 0.29) is 28.4 Å². The van der Waals surface area contributed by atoms with Gasteiger partial charge in [-0.2, -0.15) is 18.2 Å². The van der Waals surface area contributed by atoms with Gasteiger partial charge in [-0.25, -0.2) is 23.1 Å². The fourth-order valence-corrected chi connectivity index (χ4v) is 8.00. The van der Waals surface area contributed by atoms with Crippen LogP contribution in [-0.4, -0.2) is 48.1 Å². The van der Waals surface area contributed by atoms with Crippen molar-refractivity contribution in [1.82, 2.24) is 19.9 Å². The first-order chi connectivity index (χ1) is 23.5. The number of anilines is 2. The highest BCUT2D eigenvalue weighted by molar-refractivity contribution is 7.92. The second-order valence-electron chi connectivity index (χ2n) is 14.7. The summed E-state index contributed by atoms with van der Waals surface area (Å²) in [6.07, 6.45) is 2.75. The van der Waals surface area contributed by atoms with Gasteiger partial charge in [-0.15, -0.1) is 0 Å². The van der Waals surface area contributed by atoms with Gasteiger partial charge >= 0.3 is 6.18 Å². The molecule has 4 aromatic rings. The molecule has 2 aromatic heterocycles. The van der Waals surface area contributed by atoms with Crippen LogP contribution in [0, 0.1) is 25.2 Å². The molecule has 13 heteroatoms. The topological polar surface area (TPSA) is 110 Å². The standard InChI is InChI=1S/C37H43F3N6O3S/c1-22-10-7-11-23(2)31(22)33-32(37(38,39)40)34-44-35(43-33)45-50(47,48)28-15-8-12-24(16-28)29(25(21-49-34)18-36(3,4)5)17-26-19-41-20-30(42-26)46(6)27-13-9-14-27/h7-8,10-12,15-16,19-20,25,27,29H,9,13-14,17-18,21H2,1-6H3,(H,43,44,45)/t25-,29?/m1/s1. The largest absolute Gasteiger partial charge is 0.477 e. The molecule has 2 atom stereocenters. The Morgan fingerprint density at radius 3 is 2.32 bits per heavy atom. The fraction of sp³-hybridized carbons (Fsp3) is 0.459. The van der Waals surface area contributed by atoms with E-state index in [4.69, 9.17) is 9.72 Å². The Morgan fingerprint density at radius 1 is 0.980 bits per heavy atom. The van der Waals surface area contributed by atoms with E-state index in [0.717, 1.165) is 18.7 Å².